The lowest BCUT2D eigenvalue weighted by atomic mass is 10.3. The SMILES string of the molecule is O=C(O)C1CSCN1C(=O)N1CCNCC1. The van der Waals surface area contributed by atoms with Crippen LogP contribution in [0.4, 0.5) is 4.79 Å². The summed E-state index contributed by atoms with van der Waals surface area (Å²) >= 11 is 1.49. The largest absolute Gasteiger partial charge is 0.480 e. The molecule has 0 aromatic heterocycles. The predicted octanol–water partition coefficient (Wildman–Crippen LogP) is -0.529. The molecule has 90 valence electrons. The van der Waals surface area contributed by atoms with E-state index in [1.807, 2.05) is 0 Å². The van der Waals surface area contributed by atoms with Gasteiger partial charge in [-0.1, -0.05) is 0 Å². The van der Waals surface area contributed by atoms with Gasteiger partial charge in [0.25, 0.3) is 0 Å². The van der Waals surface area contributed by atoms with Gasteiger partial charge < -0.3 is 20.2 Å². The van der Waals surface area contributed by atoms with Gasteiger partial charge in [-0.2, -0.15) is 0 Å². The molecule has 2 amide bonds. The molecule has 7 heteroatoms. The molecule has 2 aliphatic rings. The number of carboxylic acid groups (broad SMARTS) is 1. The summed E-state index contributed by atoms with van der Waals surface area (Å²) in [5.41, 5.74) is 0. The molecule has 2 N–H and O–H groups in total. The Morgan fingerprint density at radius 2 is 2.00 bits per heavy atom. The average Bonchev–Trinajstić information content (AvgIpc) is 2.78. The van der Waals surface area contributed by atoms with Crippen LogP contribution in [-0.2, 0) is 4.79 Å². The van der Waals surface area contributed by atoms with Crippen molar-refractivity contribution in [3.8, 4) is 0 Å². The highest BCUT2D eigenvalue weighted by Crippen LogP contribution is 2.22. The molecule has 0 bridgehead atoms. The Labute approximate surface area is 98.0 Å². The maximum absolute atomic E-state index is 12.1. The lowest BCUT2D eigenvalue weighted by molar-refractivity contribution is -0.140. The number of aliphatic carboxylic acids is 1. The number of piperazine rings is 1. The minimum absolute atomic E-state index is 0.140. The van der Waals surface area contributed by atoms with E-state index < -0.39 is 12.0 Å². The number of amides is 2. The summed E-state index contributed by atoms with van der Waals surface area (Å²) in [7, 11) is 0. The summed E-state index contributed by atoms with van der Waals surface area (Å²) in [6.45, 7) is 2.88. The average molecular weight is 245 g/mol. The Morgan fingerprint density at radius 1 is 1.31 bits per heavy atom. The zero-order valence-electron chi connectivity index (χ0n) is 8.89. The van der Waals surface area contributed by atoms with Crippen LogP contribution >= 0.6 is 11.8 Å². The maximum Gasteiger partial charge on any atom is 0.327 e. The van der Waals surface area contributed by atoms with Crippen LogP contribution in [0.1, 0.15) is 0 Å². The normalized spacial score (nSPS) is 25.9. The summed E-state index contributed by atoms with van der Waals surface area (Å²) in [6, 6.07) is -0.800. The first-order valence-corrected chi connectivity index (χ1v) is 6.42. The molecule has 2 saturated heterocycles. The number of hydrogen-bond acceptors (Lipinski definition) is 4. The Kier molecular flexibility index (Phi) is 3.55. The third-order valence-electron chi connectivity index (χ3n) is 2.80. The molecular weight excluding hydrogens is 230 g/mol. The topological polar surface area (TPSA) is 72.9 Å². The van der Waals surface area contributed by atoms with Gasteiger partial charge in [0.2, 0.25) is 0 Å². The van der Waals surface area contributed by atoms with Crippen LogP contribution in [-0.4, -0.2) is 70.8 Å². The molecule has 0 saturated carbocycles. The number of carboxylic acids is 1. The standard InChI is InChI=1S/C9H15N3O3S/c13-8(14)7-5-16-6-12(7)9(15)11-3-1-10-2-4-11/h7,10H,1-6H2,(H,13,14). The van der Waals surface area contributed by atoms with Crippen LogP contribution in [0, 0.1) is 0 Å². The number of nitrogens with zero attached hydrogens (tertiary/aromatic N) is 2. The van der Waals surface area contributed by atoms with E-state index in [2.05, 4.69) is 5.32 Å². The van der Waals surface area contributed by atoms with Gasteiger partial charge in [-0.25, -0.2) is 9.59 Å². The van der Waals surface area contributed by atoms with Crippen LogP contribution in [0.25, 0.3) is 0 Å². The molecule has 0 spiro atoms. The van der Waals surface area contributed by atoms with Gasteiger partial charge in [-0.05, 0) is 0 Å². The summed E-state index contributed by atoms with van der Waals surface area (Å²) in [6.07, 6.45) is 0. The fourth-order valence-electron chi connectivity index (χ4n) is 1.87. The van der Waals surface area contributed by atoms with Crippen molar-refractivity contribution < 1.29 is 14.7 Å². The fraction of sp³-hybridized carbons (Fsp3) is 0.778. The van der Waals surface area contributed by atoms with E-state index in [9.17, 15) is 9.59 Å². The highest BCUT2D eigenvalue weighted by Gasteiger charge is 2.36. The first-order valence-electron chi connectivity index (χ1n) is 5.27. The minimum atomic E-state index is -0.909. The first-order chi connectivity index (χ1) is 7.70. The second kappa shape index (κ2) is 4.92. The Morgan fingerprint density at radius 3 is 2.62 bits per heavy atom. The molecule has 0 radical (unpaired) electrons. The number of carbonyl (C=O) groups is 2. The summed E-state index contributed by atoms with van der Waals surface area (Å²) < 4.78 is 0. The molecule has 0 aromatic rings. The predicted molar refractivity (Wildman–Crippen MR) is 60.4 cm³/mol. The Balaban J connectivity index is 1.99. The smallest absolute Gasteiger partial charge is 0.327 e. The molecule has 6 nitrogen and oxygen atoms in total. The van der Waals surface area contributed by atoms with Crippen molar-refractivity contribution in [2.75, 3.05) is 37.8 Å². The molecule has 2 aliphatic heterocycles. The highest BCUT2D eigenvalue weighted by atomic mass is 32.2. The third kappa shape index (κ3) is 2.25. The summed E-state index contributed by atoms with van der Waals surface area (Å²) in [5, 5.41) is 12.2. The van der Waals surface area contributed by atoms with E-state index in [0.717, 1.165) is 13.1 Å². The number of hydrogen-bond donors (Lipinski definition) is 2. The molecule has 2 heterocycles. The van der Waals surface area contributed by atoms with Gasteiger partial charge in [0.05, 0.1) is 5.88 Å². The lowest BCUT2D eigenvalue weighted by Gasteiger charge is -2.32. The molecule has 16 heavy (non-hydrogen) atoms. The van der Waals surface area contributed by atoms with Gasteiger partial charge in [0.1, 0.15) is 6.04 Å². The van der Waals surface area contributed by atoms with E-state index in [4.69, 9.17) is 5.11 Å². The minimum Gasteiger partial charge on any atom is -0.480 e. The van der Waals surface area contributed by atoms with Crippen molar-refractivity contribution in [1.82, 2.24) is 15.1 Å². The van der Waals surface area contributed by atoms with Crippen molar-refractivity contribution in [2.45, 2.75) is 6.04 Å². The molecule has 2 rings (SSSR count). The summed E-state index contributed by atoms with van der Waals surface area (Å²) in [4.78, 5) is 26.2. The van der Waals surface area contributed by atoms with Gasteiger partial charge >= 0.3 is 12.0 Å². The zero-order chi connectivity index (χ0) is 11.5. The van der Waals surface area contributed by atoms with Crippen LogP contribution in [0.5, 0.6) is 0 Å². The second-order valence-corrected chi connectivity index (χ2v) is 4.84. The number of carbonyl (C=O) groups excluding carboxylic acids is 1. The van der Waals surface area contributed by atoms with Crippen molar-refractivity contribution in [2.24, 2.45) is 0 Å². The van der Waals surface area contributed by atoms with Crippen LogP contribution in [0.3, 0.4) is 0 Å². The van der Waals surface area contributed by atoms with Crippen LogP contribution in [0.2, 0.25) is 0 Å². The van der Waals surface area contributed by atoms with E-state index in [0.29, 0.717) is 24.7 Å². The fourth-order valence-corrected chi connectivity index (χ4v) is 3.01. The second-order valence-electron chi connectivity index (χ2n) is 3.84. The van der Waals surface area contributed by atoms with Gasteiger partial charge in [-0.3, -0.25) is 0 Å². The van der Waals surface area contributed by atoms with E-state index in [1.165, 1.54) is 16.7 Å². The molecule has 2 fully saturated rings. The molecular formula is C9H15N3O3S. The molecule has 0 aromatic carbocycles. The zero-order valence-corrected chi connectivity index (χ0v) is 9.70. The van der Waals surface area contributed by atoms with Crippen molar-refractivity contribution in [3.05, 3.63) is 0 Å². The highest BCUT2D eigenvalue weighted by molar-refractivity contribution is 7.99. The van der Waals surface area contributed by atoms with Gasteiger partial charge in [0, 0.05) is 31.9 Å². The number of urea groups is 1. The number of rotatable bonds is 1. The summed E-state index contributed by atoms with van der Waals surface area (Å²) in [5.74, 6) is 0.0702. The van der Waals surface area contributed by atoms with E-state index in [-0.39, 0.29) is 6.03 Å². The van der Waals surface area contributed by atoms with E-state index in [1.54, 1.807) is 4.90 Å². The van der Waals surface area contributed by atoms with Crippen molar-refractivity contribution in [1.29, 1.82) is 0 Å². The molecule has 1 atom stereocenters. The maximum atomic E-state index is 12.1. The van der Waals surface area contributed by atoms with Crippen LogP contribution < -0.4 is 5.32 Å². The molecule has 0 aliphatic carbocycles. The Bertz CT molecular complexity index is 294. The van der Waals surface area contributed by atoms with E-state index >= 15 is 0 Å². The van der Waals surface area contributed by atoms with Crippen molar-refractivity contribution in [3.63, 3.8) is 0 Å². The van der Waals surface area contributed by atoms with Gasteiger partial charge in [0.15, 0.2) is 0 Å². The van der Waals surface area contributed by atoms with Crippen LogP contribution in [0.15, 0.2) is 0 Å². The monoisotopic (exact) mass is 245 g/mol. The number of nitrogens with one attached hydrogen (secondary N) is 1. The first kappa shape index (κ1) is 11.5. The van der Waals surface area contributed by atoms with Gasteiger partial charge in [-0.15, -0.1) is 11.8 Å². The Hall–Kier alpha value is -0.950. The van der Waals surface area contributed by atoms with Crippen molar-refractivity contribution >= 4 is 23.8 Å². The quantitative estimate of drug-likeness (QED) is 0.650. The number of thioether (sulfide) groups is 1. The third-order valence-corrected chi connectivity index (χ3v) is 3.81. The lowest BCUT2D eigenvalue weighted by Crippen LogP contribution is -2.54. The molecule has 1 unspecified atom stereocenters.